The third-order valence-electron chi connectivity index (χ3n) is 2.42. The molecule has 0 radical (unpaired) electrons. The lowest BCUT2D eigenvalue weighted by molar-refractivity contribution is 0.222. The van der Waals surface area contributed by atoms with Gasteiger partial charge in [0.25, 0.3) is 0 Å². The monoisotopic (exact) mass is 154 g/mol. The number of aliphatic imine (C=N–C) groups is 1. The largest absolute Gasteiger partial charge is 0.300 e. The Kier molecular flexibility index (Phi) is 3.06. The molecule has 11 heavy (non-hydrogen) atoms. The molecule has 1 fully saturated rings. The fraction of sp³-hybridized carbons (Fsp3) is 0.889. The van der Waals surface area contributed by atoms with Gasteiger partial charge < -0.3 is 4.90 Å². The predicted octanol–water partition coefficient (Wildman–Crippen LogP) is 1.56. The second-order valence-corrected chi connectivity index (χ2v) is 3.42. The van der Waals surface area contributed by atoms with Crippen LogP contribution in [0.25, 0.3) is 0 Å². The first-order valence-electron chi connectivity index (χ1n) is 4.42. The Bertz CT molecular complexity index is 140. The summed E-state index contributed by atoms with van der Waals surface area (Å²) >= 11 is 0. The van der Waals surface area contributed by atoms with Gasteiger partial charge in [-0.2, -0.15) is 0 Å². The van der Waals surface area contributed by atoms with Gasteiger partial charge in [-0.25, -0.2) is 0 Å². The molecule has 64 valence electrons. The van der Waals surface area contributed by atoms with Crippen molar-refractivity contribution in [3.63, 3.8) is 0 Å². The fourth-order valence-corrected chi connectivity index (χ4v) is 1.52. The summed E-state index contributed by atoms with van der Waals surface area (Å²) in [6, 6.07) is 0.702. The summed E-state index contributed by atoms with van der Waals surface area (Å²) in [7, 11) is 1.90. The highest BCUT2D eigenvalue weighted by Gasteiger charge is 2.15. The van der Waals surface area contributed by atoms with E-state index in [-0.39, 0.29) is 0 Å². The van der Waals surface area contributed by atoms with Crippen molar-refractivity contribution in [2.24, 2.45) is 4.99 Å². The van der Waals surface area contributed by atoms with Gasteiger partial charge in [0, 0.05) is 31.9 Å². The zero-order chi connectivity index (χ0) is 8.27. The molecule has 0 spiro atoms. The van der Waals surface area contributed by atoms with E-state index in [1.54, 1.807) is 0 Å². The Morgan fingerprint density at radius 2 is 1.82 bits per heavy atom. The smallest absolute Gasteiger partial charge is 0.0276 e. The molecule has 1 aliphatic rings. The van der Waals surface area contributed by atoms with E-state index in [9.17, 15) is 0 Å². The molecule has 0 unspecified atom stereocenters. The molecule has 1 saturated heterocycles. The standard InChI is InChI=1S/C9H18N2/c1-8(2)11-6-4-9(10-3)5-7-11/h8H,4-7H2,1-3H3. The summed E-state index contributed by atoms with van der Waals surface area (Å²) in [5.41, 5.74) is 1.39. The molecule has 0 aromatic heterocycles. The molecule has 0 saturated carbocycles. The van der Waals surface area contributed by atoms with Crippen LogP contribution in [0.3, 0.4) is 0 Å². The molecule has 0 N–H and O–H groups in total. The van der Waals surface area contributed by atoms with Crippen LogP contribution in [0.15, 0.2) is 4.99 Å². The van der Waals surface area contributed by atoms with Gasteiger partial charge in [-0.15, -0.1) is 0 Å². The topological polar surface area (TPSA) is 15.6 Å². The molecule has 2 nitrogen and oxygen atoms in total. The van der Waals surface area contributed by atoms with Gasteiger partial charge >= 0.3 is 0 Å². The van der Waals surface area contributed by atoms with Crippen LogP contribution in [-0.2, 0) is 0 Å². The third kappa shape index (κ3) is 2.29. The van der Waals surface area contributed by atoms with E-state index in [1.807, 2.05) is 7.05 Å². The molecule has 0 bridgehead atoms. The van der Waals surface area contributed by atoms with Gasteiger partial charge in [0.15, 0.2) is 0 Å². The highest BCUT2D eigenvalue weighted by molar-refractivity contribution is 5.85. The van der Waals surface area contributed by atoms with Gasteiger partial charge in [0.1, 0.15) is 0 Å². The van der Waals surface area contributed by atoms with Crippen LogP contribution in [0.2, 0.25) is 0 Å². The van der Waals surface area contributed by atoms with E-state index >= 15 is 0 Å². The van der Waals surface area contributed by atoms with Crippen LogP contribution in [0.4, 0.5) is 0 Å². The zero-order valence-electron chi connectivity index (χ0n) is 7.80. The zero-order valence-corrected chi connectivity index (χ0v) is 7.80. The number of piperidine rings is 1. The summed E-state index contributed by atoms with van der Waals surface area (Å²) in [4.78, 5) is 6.74. The number of rotatable bonds is 1. The lowest BCUT2D eigenvalue weighted by atomic mass is 10.1. The van der Waals surface area contributed by atoms with Crippen molar-refractivity contribution in [3.8, 4) is 0 Å². The third-order valence-corrected chi connectivity index (χ3v) is 2.42. The molecular formula is C9H18N2. The Labute approximate surface area is 69.3 Å². The maximum Gasteiger partial charge on any atom is 0.0276 e. The number of likely N-dealkylation sites (tertiary alicyclic amines) is 1. The van der Waals surface area contributed by atoms with E-state index in [0.29, 0.717) is 6.04 Å². The lowest BCUT2D eigenvalue weighted by Crippen LogP contribution is -2.38. The van der Waals surface area contributed by atoms with Crippen LogP contribution >= 0.6 is 0 Å². The summed E-state index contributed by atoms with van der Waals surface area (Å²) in [6.07, 6.45) is 2.35. The summed E-state index contributed by atoms with van der Waals surface area (Å²) in [5, 5.41) is 0. The van der Waals surface area contributed by atoms with Gasteiger partial charge in [-0.3, -0.25) is 4.99 Å². The molecule has 1 rings (SSSR count). The van der Waals surface area contributed by atoms with Crippen molar-refractivity contribution in [2.45, 2.75) is 32.7 Å². The minimum absolute atomic E-state index is 0.702. The van der Waals surface area contributed by atoms with Crippen LogP contribution in [-0.4, -0.2) is 36.8 Å². The molecule has 1 heterocycles. The van der Waals surface area contributed by atoms with Crippen molar-refractivity contribution in [1.29, 1.82) is 0 Å². The van der Waals surface area contributed by atoms with Gasteiger partial charge in [0.2, 0.25) is 0 Å². The fourth-order valence-electron chi connectivity index (χ4n) is 1.52. The molecule has 0 aromatic carbocycles. The lowest BCUT2D eigenvalue weighted by Gasteiger charge is -2.30. The molecule has 1 aliphatic heterocycles. The maximum atomic E-state index is 4.23. The Morgan fingerprint density at radius 3 is 2.18 bits per heavy atom. The maximum absolute atomic E-state index is 4.23. The van der Waals surface area contributed by atoms with Gasteiger partial charge in [-0.1, -0.05) is 0 Å². The average Bonchev–Trinajstić information content (AvgIpc) is 2.05. The first-order valence-corrected chi connectivity index (χ1v) is 4.42. The molecule has 0 aliphatic carbocycles. The Hall–Kier alpha value is -0.370. The average molecular weight is 154 g/mol. The number of hydrogen-bond donors (Lipinski definition) is 0. The first-order chi connectivity index (χ1) is 5.24. The summed E-state index contributed by atoms with van der Waals surface area (Å²) < 4.78 is 0. The molecular weight excluding hydrogens is 136 g/mol. The molecule has 0 aromatic rings. The van der Waals surface area contributed by atoms with E-state index in [2.05, 4.69) is 23.7 Å². The van der Waals surface area contributed by atoms with E-state index in [1.165, 1.54) is 31.6 Å². The molecule has 0 atom stereocenters. The minimum atomic E-state index is 0.702. The van der Waals surface area contributed by atoms with Crippen LogP contribution in [0, 0.1) is 0 Å². The second kappa shape index (κ2) is 3.86. The predicted molar refractivity (Wildman–Crippen MR) is 49.3 cm³/mol. The second-order valence-electron chi connectivity index (χ2n) is 3.42. The van der Waals surface area contributed by atoms with Crippen molar-refractivity contribution >= 4 is 5.71 Å². The van der Waals surface area contributed by atoms with Crippen molar-refractivity contribution in [2.75, 3.05) is 20.1 Å². The Balaban J connectivity index is 2.36. The van der Waals surface area contributed by atoms with E-state index in [0.717, 1.165) is 0 Å². The highest BCUT2D eigenvalue weighted by atomic mass is 15.1. The van der Waals surface area contributed by atoms with E-state index < -0.39 is 0 Å². The van der Waals surface area contributed by atoms with Crippen LogP contribution in [0.1, 0.15) is 26.7 Å². The molecule has 2 heteroatoms. The quantitative estimate of drug-likeness (QED) is 0.559. The summed E-state index contributed by atoms with van der Waals surface area (Å²) in [6.45, 7) is 6.91. The Morgan fingerprint density at radius 1 is 1.27 bits per heavy atom. The highest BCUT2D eigenvalue weighted by Crippen LogP contribution is 2.09. The van der Waals surface area contributed by atoms with Gasteiger partial charge in [-0.05, 0) is 26.7 Å². The molecule has 0 amide bonds. The van der Waals surface area contributed by atoms with Crippen molar-refractivity contribution in [1.82, 2.24) is 4.90 Å². The first kappa shape index (κ1) is 8.72. The van der Waals surface area contributed by atoms with Crippen LogP contribution in [0.5, 0.6) is 0 Å². The van der Waals surface area contributed by atoms with Gasteiger partial charge in [0.05, 0.1) is 0 Å². The number of nitrogens with zero attached hydrogens (tertiary/aromatic N) is 2. The van der Waals surface area contributed by atoms with Crippen molar-refractivity contribution < 1.29 is 0 Å². The SMILES string of the molecule is CN=C1CCN(C(C)C)CC1. The minimum Gasteiger partial charge on any atom is -0.300 e. The van der Waals surface area contributed by atoms with Crippen LogP contribution < -0.4 is 0 Å². The van der Waals surface area contributed by atoms with Crippen molar-refractivity contribution in [3.05, 3.63) is 0 Å². The number of hydrogen-bond acceptors (Lipinski definition) is 2. The van der Waals surface area contributed by atoms with E-state index in [4.69, 9.17) is 0 Å². The summed E-state index contributed by atoms with van der Waals surface area (Å²) in [5.74, 6) is 0. The normalized spacial score (nSPS) is 20.9.